The Morgan fingerprint density at radius 2 is 2.12 bits per heavy atom. The van der Waals surface area contributed by atoms with Gasteiger partial charge in [0.05, 0.1) is 5.92 Å². The standard InChI is InChI=1S/C11H17N3O3/c12-10(16)8-3-1-2-4-14(8)11(17)7-5-9(15)13-6-7/h7-8H,1-6H2,(H2,12,16)(H,13,15). The number of hydrogen-bond acceptors (Lipinski definition) is 3. The lowest BCUT2D eigenvalue weighted by Gasteiger charge is -2.35. The van der Waals surface area contributed by atoms with Crippen molar-refractivity contribution in [3.63, 3.8) is 0 Å². The normalized spacial score (nSPS) is 28.9. The van der Waals surface area contributed by atoms with Crippen LogP contribution in [-0.2, 0) is 14.4 Å². The molecule has 2 heterocycles. The Bertz CT molecular complexity index is 356. The lowest BCUT2D eigenvalue weighted by molar-refractivity contribution is -0.144. The highest BCUT2D eigenvalue weighted by Crippen LogP contribution is 2.21. The number of carbonyl (C=O) groups excluding carboxylic acids is 3. The molecule has 94 valence electrons. The fourth-order valence-electron chi connectivity index (χ4n) is 2.51. The Morgan fingerprint density at radius 1 is 1.35 bits per heavy atom. The smallest absolute Gasteiger partial charge is 0.240 e. The van der Waals surface area contributed by atoms with Crippen molar-refractivity contribution in [2.24, 2.45) is 11.7 Å². The van der Waals surface area contributed by atoms with Crippen LogP contribution in [-0.4, -0.2) is 41.8 Å². The van der Waals surface area contributed by atoms with Gasteiger partial charge in [-0.05, 0) is 19.3 Å². The van der Waals surface area contributed by atoms with Gasteiger partial charge >= 0.3 is 0 Å². The van der Waals surface area contributed by atoms with Crippen LogP contribution in [0.1, 0.15) is 25.7 Å². The monoisotopic (exact) mass is 239 g/mol. The van der Waals surface area contributed by atoms with Crippen LogP contribution in [0.5, 0.6) is 0 Å². The van der Waals surface area contributed by atoms with E-state index in [1.54, 1.807) is 4.90 Å². The molecule has 2 fully saturated rings. The van der Waals surface area contributed by atoms with Crippen LogP contribution in [0.15, 0.2) is 0 Å². The average Bonchev–Trinajstić information content (AvgIpc) is 2.75. The molecule has 0 aromatic rings. The van der Waals surface area contributed by atoms with E-state index in [4.69, 9.17) is 5.73 Å². The molecule has 2 aliphatic heterocycles. The number of carbonyl (C=O) groups is 3. The predicted octanol–water partition coefficient (Wildman–Crippen LogP) is -1.01. The number of nitrogens with one attached hydrogen (secondary N) is 1. The largest absolute Gasteiger partial charge is 0.368 e. The summed E-state index contributed by atoms with van der Waals surface area (Å²) in [6.45, 7) is 0.941. The van der Waals surface area contributed by atoms with Crippen LogP contribution >= 0.6 is 0 Å². The van der Waals surface area contributed by atoms with E-state index < -0.39 is 11.9 Å². The van der Waals surface area contributed by atoms with Gasteiger partial charge in [-0.3, -0.25) is 14.4 Å². The summed E-state index contributed by atoms with van der Waals surface area (Å²) < 4.78 is 0. The van der Waals surface area contributed by atoms with Gasteiger partial charge in [-0.2, -0.15) is 0 Å². The first-order valence-corrected chi connectivity index (χ1v) is 5.96. The highest BCUT2D eigenvalue weighted by Gasteiger charge is 2.37. The molecular weight excluding hydrogens is 222 g/mol. The van der Waals surface area contributed by atoms with Gasteiger partial charge in [0.2, 0.25) is 17.7 Å². The van der Waals surface area contributed by atoms with E-state index >= 15 is 0 Å². The third kappa shape index (κ3) is 2.40. The van der Waals surface area contributed by atoms with Crippen molar-refractivity contribution >= 4 is 17.7 Å². The summed E-state index contributed by atoms with van der Waals surface area (Å²) in [6.07, 6.45) is 2.67. The number of piperidine rings is 1. The summed E-state index contributed by atoms with van der Waals surface area (Å²) in [5.74, 6) is -0.999. The summed E-state index contributed by atoms with van der Waals surface area (Å²) in [6, 6.07) is -0.494. The van der Waals surface area contributed by atoms with E-state index in [1.165, 1.54) is 0 Å². The number of nitrogens with two attached hydrogens (primary N) is 1. The first kappa shape index (κ1) is 11.9. The number of hydrogen-bond donors (Lipinski definition) is 2. The first-order chi connectivity index (χ1) is 8.09. The highest BCUT2D eigenvalue weighted by atomic mass is 16.2. The summed E-state index contributed by atoms with van der Waals surface area (Å²) in [4.78, 5) is 36.1. The second kappa shape index (κ2) is 4.73. The number of rotatable bonds is 2. The average molecular weight is 239 g/mol. The molecule has 0 spiro atoms. The number of amides is 3. The summed E-state index contributed by atoms with van der Waals surface area (Å²) in [5.41, 5.74) is 5.31. The molecule has 2 rings (SSSR count). The van der Waals surface area contributed by atoms with Crippen molar-refractivity contribution in [1.82, 2.24) is 10.2 Å². The summed E-state index contributed by atoms with van der Waals surface area (Å²) >= 11 is 0. The maximum Gasteiger partial charge on any atom is 0.240 e. The Balaban J connectivity index is 2.06. The van der Waals surface area contributed by atoms with Crippen molar-refractivity contribution in [3.8, 4) is 0 Å². The zero-order valence-corrected chi connectivity index (χ0v) is 9.65. The van der Waals surface area contributed by atoms with Crippen molar-refractivity contribution in [2.75, 3.05) is 13.1 Å². The molecule has 2 aliphatic rings. The van der Waals surface area contributed by atoms with E-state index in [9.17, 15) is 14.4 Å². The molecular formula is C11H17N3O3. The van der Waals surface area contributed by atoms with Gasteiger partial charge in [0.25, 0.3) is 0 Å². The van der Waals surface area contributed by atoms with Crippen LogP contribution in [0.2, 0.25) is 0 Å². The minimum Gasteiger partial charge on any atom is -0.368 e. The van der Waals surface area contributed by atoms with Crippen LogP contribution in [0.3, 0.4) is 0 Å². The van der Waals surface area contributed by atoms with E-state index in [2.05, 4.69) is 5.32 Å². The topological polar surface area (TPSA) is 92.5 Å². The van der Waals surface area contributed by atoms with Crippen molar-refractivity contribution in [1.29, 1.82) is 0 Å². The molecule has 6 nitrogen and oxygen atoms in total. The second-order valence-corrected chi connectivity index (χ2v) is 4.65. The molecule has 0 aliphatic carbocycles. The first-order valence-electron chi connectivity index (χ1n) is 5.96. The van der Waals surface area contributed by atoms with Gasteiger partial charge < -0.3 is 16.0 Å². The molecule has 2 atom stereocenters. The molecule has 17 heavy (non-hydrogen) atoms. The fraction of sp³-hybridized carbons (Fsp3) is 0.727. The van der Waals surface area contributed by atoms with E-state index in [0.717, 1.165) is 12.8 Å². The van der Waals surface area contributed by atoms with Gasteiger partial charge in [0.15, 0.2) is 0 Å². The SMILES string of the molecule is NC(=O)C1CCCCN1C(=O)C1CNC(=O)C1. The molecule has 0 aromatic carbocycles. The molecule has 6 heteroatoms. The fourth-order valence-corrected chi connectivity index (χ4v) is 2.51. The Morgan fingerprint density at radius 3 is 2.71 bits per heavy atom. The third-order valence-electron chi connectivity index (χ3n) is 3.44. The van der Waals surface area contributed by atoms with Crippen LogP contribution in [0, 0.1) is 5.92 Å². The lowest BCUT2D eigenvalue weighted by atomic mass is 9.98. The summed E-state index contributed by atoms with van der Waals surface area (Å²) in [5, 5.41) is 2.63. The third-order valence-corrected chi connectivity index (χ3v) is 3.44. The molecule has 0 saturated carbocycles. The molecule has 2 saturated heterocycles. The zero-order chi connectivity index (χ0) is 12.4. The molecule has 3 N–H and O–H groups in total. The Labute approximate surface area is 99.5 Å². The lowest BCUT2D eigenvalue weighted by Crippen LogP contribution is -2.52. The summed E-state index contributed by atoms with van der Waals surface area (Å²) in [7, 11) is 0. The number of nitrogens with zero attached hydrogens (tertiary/aromatic N) is 1. The molecule has 0 aromatic heterocycles. The predicted molar refractivity (Wildman–Crippen MR) is 59.7 cm³/mol. The number of likely N-dealkylation sites (tertiary alicyclic amines) is 1. The van der Waals surface area contributed by atoms with Crippen molar-refractivity contribution in [2.45, 2.75) is 31.7 Å². The molecule has 0 bridgehead atoms. The highest BCUT2D eigenvalue weighted by molar-refractivity contribution is 5.92. The van der Waals surface area contributed by atoms with Gasteiger partial charge in [0.1, 0.15) is 6.04 Å². The van der Waals surface area contributed by atoms with Crippen molar-refractivity contribution < 1.29 is 14.4 Å². The maximum absolute atomic E-state index is 12.2. The minimum atomic E-state index is -0.494. The van der Waals surface area contributed by atoms with Crippen LogP contribution < -0.4 is 11.1 Å². The molecule has 2 unspecified atom stereocenters. The maximum atomic E-state index is 12.2. The minimum absolute atomic E-state index is 0.101. The van der Waals surface area contributed by atoms with Gasteiger partial charge in [-0.25, -0.2) is 0 Å². The zero-order valence-electron chi connectivity index (χ0n) is 9.65. The Kier molecular flexibility index (Phi) is 3.31. The van der Waals surface area contributed by atoms with E-state index in [0.29, 0.717) is 19.5 Å². The Hall–Kier alpha value is -1.59. The van der Waals surface area contributed by atoms with Crippen LogP contribution in [0.25, 0.3) is 0 Å². The second-order valence-electron chi connectivity index (χ2n) is 4.65. The van der Waals surface area contributed by atoms with Gasteiger partial charge in [-0.15, -0.1) is 0 Å². The quantitative estimate of drug-likeness (QED) is 0.646. The molecule has 3 amide bonds. The molecule has 0 radical (unpaired) electrons. The van der Waals surface area contributed by atoms with E-state index in [1.807, 2.05) is 0 Å². The van der Waals surface area contributed by atoms with E-state index in [-0.39, 0.29) is 24.2 Å². The van der Waals surface area contributed by atoms with Crippen LogP contribution in [0.4, 0.5) is 0 Å². The number of primary amides is 1. The van der Waals surface area contributed by atoms with Crippen molar-refractivity contribution in [3.05, 3.63) is 0 Å². The van der Waals surface area contributed by atoms with Gasteiger partial charge in [-0.1, -0.05) is 0 Å². The van der Waals surface area contributed by atoms with Gasteiger partial charge in [0, 0.05) is 19.5 Å².